The minimum atomic E-state index is 0.609. The first-order valence-corrected chi connectivity index (χ1v) is 9.20. The predicted molar refractivity (Wildman–Crippen MR) is 112 cm³/mol. The zero-order valence-corrected chi connectivity index (χ0v) is 15.5. The van der Waals surface area contributed by atoms with Gasteiger partial charge in [-0.3, -0.25) is 0 Å². The van der Waals surface area contributed by atoms with E-state index < -0.39 is 0 Å². The normalized spacial score (nSPS) is 11.5. The molecule has 0 fully saturated rings. The fraction of sp³-hybridized carbons (Fsp3) is 0.182. The Morgan fingerprint density at radius 2 is 1.85 bits per heavy atom. The molecular weight excluding hydrogens is 336 g/mol. The molecule has 0 spiro atoms. The van der Waals surface area contributed by atoms with Gasteiger partial charge in [-0.25, -0.2) is 10.4 Å². The Hall–Kier alpha value is -3.34. The van der Waals surface area contributed by atoms with Crippen molar-refractivity contribution in [2.45, 2.75) is 20.4 Å². The van der Waals surface area contributed by atoms with Crippen LogP contribution in [0.4, 0.5) is 5.95 Å². The molecule has 0 unspecified atom stereocenters. The van der Waals surface area contributed by atoms with Crippen LogP contribution in [-0.2, 0) is 6.54 Å². The Labute approximate surface area is 158 Å². The number of aromatic nitrogens is 2. The van der Waals surface area contributed by atoms with Crippen LogP contribution in [0.15, 0.2) is 65.8 Å². The van der Waals surface area contributed by atoms with Gasteiger partial charge in [0.15, 0.2) is 0 Å². The molecule has 0 atom stereocenters. The quantitative estimate of drug-likeness (QED) is 0.387. The van der Waals surface area contributed by atoms with E-state index in [4.69, 9.17) is 4.74 Å². The van der Waals surface area contributed by atoms with Crippen molar-refractivity contribution in [2.24, 2.45) is 5.10 Å². The summed E-state index contributed by atoms with van der Waals surface area (Å²) in [6, 6.07) is 20.4. The SMILES string of the molecule is CCOc1ccc2ccccc2c1/C=N\Nc1nc2ccccc2n1CC. The second-order valence-corrected chi connectivity index (χ2v) is 6.17. The molecule has 0 aliphatic carbocycles. The molecule has 0 amide bonds. The van der Waals surface area contributed by atoms with Crippen LogP contribution in [0.3, 0.4) is 0 Å². The predicted octanol–water partition coefficient (Wildman–Crippen LogP) is 5.05. The molecule has 1 N–H and O–H groups in total. The highest BCUT2D eigenvalue weighted by atomic mass is 16.5. The number of hydrogen-bond acceptors (Lipinski definition) is 4. The summed E-state index contributed by atoms with van der Waals surface area (Å²) in [5.41, 5.74) is 6.11. The van der Waals surface area contributed by atoms with Gasteiger partial charge in [0.25, 0.3) is 0 Å². The van der Waals surface area contributed by atoms with Crippen molar-refractivity contribution in [3.05, 3.63) is 66.2 Å². The van der Waals surface area contributed by atoms with Crippen LogP contribution in [0.5, 0.6) is 5.75 Å². The average Bonchev–Trinajstić information content (AvgIpc) is 3.07. The number of ether oxygens (including phenoxy) is 1. The highest BCUT2D eigenvalue weighted by Crippen LogP contribution is 2.27. The Morgan fingerprint density at radius 1 is 1.04 bits per heavy atom. The molecule has 4 rings (SSSR count). The van der Waals surface area contributed by atoms with Gasteiger partial charge in [-0.2, -0.15) is 5.10 Å². The van der Waals surface area contributed by atoms with Gasteiger partial charge in [-0.15, -0.1) is 0 Å². The summed E-state index contributed by atoms with van der Waals surface area (Å²) in [6.45, 7) is 5.51. The van der Waals surface area contributed by atoms with Crippen molar-refractivity contribution < 1.29 is 4.74 Å². The zero-order valence-electron chi connectivity index (χ0n) is 15.5. The fourth-order valence-electron chi connectivity index (χ4n) is 3.33. The van der Waals surface area contributed by atoms with Gasteiger partial charge in [-0.05, 0) is 42.8 Å². The molecule has 5 nitrogen and oxygen atoms in total. The third-order valence-corrected chi connectivity index (χ3v) is 4.56. The number of aryl methyl sites for hydroxylation is 1. The molecule has 0 saturated carbocycles. The minimum Gasteiger partial charge on any atom is -0.493 e. The standard InChI is InChI=1S/C22H22N4O/c1-3-26-20-12-8-7-11-19(20)24-22(26)25-23-15-18-17-10-6-5-9-16(17)13-14-21(18)27-4-2/h5-15H,3-4H2,1-2H3,(H,24,25)/b23-15-. The van der Waals surface area contributed by atoms with Crippen molar-refractivity contribution in [3.8, 4) is 5.75 Å². The smallest absolute Gasteiger partial charge is 0.224 e. The number of para-hydroxylation sites is 2. The Morgan fingerprint density at radius 3 is 2.70 bits per heavy atom. The molecule has 5 heteroatoms. The van der Waals surface area contributed by atoms with Crippen LogP contribution in [0.2, 0.25) is 0 Å². The van der Waals surface area contributed by atoms with Crippen molar-refractivity contribution in [3.63, 3.8) is 0 Å². The van der Waals surface area contributed by atoms with E-state index in [0.29, 0.717) is 6.61 Å². The number of hydrogen-bond donors (Lipinski definition) is 1. The van der Waals surface area contributed by atoms with Crippen LogP contribution < -0.4 is 10.2 Å². The first kappa shape index (κ1) is 17.1. The van der Waals surface area contributed by atoms with Crippen molar-refractivity contribution in [1.29, 1.82) is 0 Å². The van der Waals surface area contributed by atoms with Crippen LogP contribution in [-0.4, -0.2) is 22.4 Å². The van der Waals surface area contributed by atoms with Crippen molar-refractivity contribution in [1.82, 2.24) is 9.55 Å². The summed E-state index contributed by atoms with van der Waals surface area (Å²) in [7, 11) is 0. The second-order valence-electron chi connectivity index (χ2n) is 6.17. The number of anilines is 1. The summed E-state index contributed by atoms with van der Waals surface area (Å²) in [4.78, 5) is 4.64. The molecule has 0 radical (unpaired) electrons. The highest BCUT2D eigenvalue weighted by molar-refractivity contribution is 6.02. The lowest BCUT2D eigenvalue weighted by atomic mass is 10.0. The number of nitrogens with one attached hydrogen (secondary N) is 1. The molecule has 3 aromatic carbocycles. The molecular formula is C22H22N4O. The van der Waals surface area contributed by atoms with Crippen LogP contribution >= 0.6 is 0 Å². The Balaban J connectivity index is 1.70. The second kappa shape index (κ2) is 7.50. The number of benzene rings is 3. The Kier molecular flexibility index (Phi) is 4.75. The first-order chi connectivity index (χ1) is 13.3. The number of fused-ring (bicyclic) bond motifs is 2. The summed E-state index contributed by atoms with van der Waals surface area (Å²) < 4.78 is 7.91. The molecule has 4 aromatic rings. The number of rotatable bonds is 6. The molecule has 1 aromatic heterocycles. The van der Waals surface area contributed by atoms with E-state index >= 15 is 0 Å². The van der Waals surface area contributed by atoms with Crippen molar-refractivity contribution in [2.75, 3.05) is 12.0 Å². The molecule has 0 aliphatic rings. The van der Waals surface area contributed by atoms with E-state index in [1.165, 1.54) is 0 Å². The summed E-state index contributed by atoms with van der Waals surface area (Å²) in [5.74, 6) is 1.55. The number of imidazole rings is 1. The maximum Gasteiger partial charge on any atom is 0.224 e. The fourth-order valence-corrected chi connectivity index (χ4v) is 3.33. The highest BCUT2D eigenvalue weighted by Gasteiger charge is 2.09. The third kappa shape index (κ3) is 3.24. The van der Waals surface area contributed by atoms with Gasteiger partial charge in [0.1, 0.15) is 5.75 Å². The van der Waals surface area contributed by atoms with E-state index in [1.807, 2.05) is 49.5 Å². The lowest BCUT2D eigenvalue weighted by molar-refractivity contribution is 0.340. The van der Waals surface area contributed by atoms with Gasteiger partial charge >= 0.3 is 0 Å². The van der Waals surface area contributed by atoms with E-state index in [1.54, 1.807) is 0 Å². The molecule has 0 bridgehead atoms. The van der Waals surface area contributed by atoms with E-state index in [0.717, 1.165) is 45.6 Å². The first-order valence-electron chi connectivity index (χ1n) is 9.20. The average molecular weight is 358 g/mol. The summed E-state index contributed by atoms with van der Waals surface area (Å²) in [5, 5.41) is 6.74. The van der Waals surface area contributed by atoms with Crippen LogP contribution in [0, 0.1) is 0 Å². The van der Waals surface area contributed by atoms with Gasteiger partial charge in [0, 0.05) is 12.1 Å². The summed E-state index contributed by atoms with van der Waals surface area (Å²) in [6.07, 6.45) is 1.81. The van der Waals surface area contributed by atoms with Gasteiger partial charge in [0.05, 0.1) is 23.9 Å². The van der Waals surface area contributed by atoms with Crippen LogP contribution in [0.1, 0.15) is 19.4 Å². The lowest BCUT2D eigenvalue weighted by Gasteiger charge is -2.10. The zero-order chi connectivity index (χ0) is 18.6. The molecule has 27 heavy (non-hydrogen) atoms. The van der Waals surface area contributed by atoms with E-state index in [-0.39, 0.29) is 0 Å². The topological polar surface area (TPSA) is 51.4 Å². The summed E-state index contributed by atoms with van der Waals surface area (Å²) >= 11 is 0. The van der Waals surface area contributed by atoms with Crippen molar-refractivity contribution >= 4 is 34.0 Å². The van der Waals surface area contributed by atoms with Gasteiger partial charge in [-0.1, -0.05) is 42.5 Å². The van der Waals surface area contributed by atoms with E-state index in [2.05, 4.69) is 51.3 Å². The van der Waals surface area contributed by atoms with Crippen LogP contribution in [0.25, 0.3) is 21.8 Å². The molecule has 1 heterocycles. The third-order valence-electron chi connectivity index (χ3n) is 4.56. The Bertz CT molecular complexity index is 1110. The van der Waals surface area contributed by atoms with E-state index in [9.17, 15) is 0 Å². The molecule has 136 valence electrons. The van der Waals surface area contributed by atoms with Gasteiger partial charge < -0.3 is 9.30 Å². The molecule has 0 aliphatic heterocycles. The lowest BCUT2D eigenvalue weighted by Crippen LogP contribution is -2.03. The molecule has 0 saturated heterocycles. The largest absolute Gasteiger partial charge is 0.493 e. The monoisotopic (exact) mass is 358 g/mol. The number of hydrazone groups is 1. The van der Waals surface area contributed by atoms with Gasteiger partial charge in [0.2, 0.25) is 5.95 Å². The minimum absolute atomic E-state index is 0.609. The maximum absolute atomic E-state index is 5.80. The number of nitrogens with zero attached hydrogens (tertiary/aromatic N) is 3. The maximum atomic E-state index is 5.80.